The first-order chi connectivity index (χ1) is 11.1. The molecular formula is C18H26N2O3. The molecule has 2 saturated heterocycles. The third-order valence-corrected chi connectivity index (χ3v) is 5.15. The number of carbonyl (C=O) groups excluding carboxylic acids is 1. The minimum absolute atomic E-state index is 0.0597. The minimum atomic E-state index is -0.431. The van der Waals surface area contributed by atoms with E-state index in [4.69, 9.17) is 10.5 Å². The summed E-state index contributed by atoms with van der Waals surface area (Å²) in [5.74, 6) is 0.0597. The van der Waals surface area contributed by atoms with E-state index >= 15 is 0 Å². The Balaban J connectivity index is 1.61. The van der Waals surface area contributed by atoms with E-state index in [1.807, 2.05) is 29.2 Å². The van der Waals surface area contributed by atoms with Gasteiger partial charge in [0.15, 0.2) is 0 Å². The maximum Gasteiger partial charge on any atom is 0.253 e. The number of hydrogen-bond donors (Lipinski definition) is 2. The van der Waals surface area contributed by atoms with Crippen molar-refractivity contribution in [3.63, 3.8) is 0 Å². The van der Waals surface area contributed by atoms with E-state index in [-0.39, 0.29) is 5.91 Å². The molecular weight excluding hydrogens is 292 g/mol. The van der Waals surface area contributed by atoms with E-state index in [1.54, 1.807) is 0 Å². The van der Waals surface area contributed by atoms with Crippen molar-refractivity contribution in [1.29, 1.82) is 0 Å². The van der Waals surface area contributed by atoms with E-state index in [9.17, 15) is 9.90 Å². The van der Waals surface area contributed by atoms with E-state index in [0.29, 0.717) is 44.6 Å². The Morgan fingerprint density at radius 2 is 2.00 bits per heavy atom. The summed E-state index contributed by atoms with van der Waals surface area (Å²) in [6, 6.07) is 7.70. The number of hydrogen-bond acceptors (Lipinski definition) is 4. The van der Waals surface area contributed by atoms with Gasteiger partial charge in [0.1, 0.15) is 0 Å². The van der Waals surface area contributed by atoms with E-state index < -0.39 is 11.7 Å². The molecule has 1 spiro atoms. The summed E-state index contributed by atoms with van der Waals surface area (Å²) < 4.78 is 5.90. The first-order valence-electron chi connectivity index (χ1n) is 8.55. The lowest BCUT2D eigenvalue weighted by Gasteiger charge is -2.46. The molecule has 23 heavy (non-hydrogen) atoms. The molecule has 1 amide bonds. The molecule has 0 bridgehead atoms. The van der Waals surface area contributed by atoms with Gasteiger partial charge in [-0.2, -0.15) is 0 Å². The molecule has 5 nitrogen and oxygen atoms in total. The molecule has 2 fully saturated rings. The summed E-state index contributed by atoms with van der Waals surface area (Å²) in [6.07, 6.45) is 3.58. The number of aliphatic hydroxyl groups excluding tert-OH is 1. The lowest BCUT2D eigenvalue weighted by Crippen LogP contribution is -2.56. The summed E-state index contributed by atoms with van der Waals surface area (Å²) in [6.45, 7) is 2.61. The van der Waals surface area contributed by atoms with Crippen LogP contribution in [0.4, 0.5) is 0 Å². The Morgan fingerprint density at radius 1 is 1.30 bits per heavy atom. The van der Waals surface area contributed by atoms with E-state index in [0.717, 1.165) is 24.8 Å². The number of amides is 1. The zero-order chi connectivity index (χ0) is 16.3. The second kappa shape index (κ2) is 6.99. The standard InChI is InChI=1S/C18H26N2O3/c19-10-7-14-3-5-15(6-4-14)17(22)20-11-8-18(9-12-20)16(21)2-1-13-23-18/h3-6,16,21H,1-2,7-13,19H2/t16-/m0/s1. The van der Waals surface area contributed by atoms with Crippen LogP contribution in [0.1, 0.15) is 41.6 Å². The smallest absolute Gasteiger partial charge is 0.253 e. The van der Waals surface area contributed by atoms with Crippen molar-refractivity contribution in [1.82, 2.24) is 4.90 Å². The SMILES string of the molecule is NCCc1ccc(C(=O)N2CCC3(CC2)OCCC[C@@H]3O)cc1. The highest BCUT2D eigenvalue weighted by atomic mass is 16.5. The number of aliphatic hydroxyl groups is 1. The van der Waals surface area contributed by atoms with Crippen LogP contribution < -0.4 is 5.73 Å². The zero-order valence-electron chi connectivity index (χ0n) is 13.5. The molecule has 0 radical (unpaired) electrons. The Bertz CT molecular complexity index is 536. The highest BCUT2D eigenvalue weighted by Gasteiger charge is 2.44. The fraction of sp³-hybridized carbons (Fsp3) is 0.611. The fourth-order valence-corrected chi connectivity index (χ4v) is 3.64. The molecule has 1 aromatic carbocycles. The average molecular weight is 318 g/mol. The monoisotopic (exact) mass is 318 g/mol. The maximum atomic E-state index is 12.6. The minimum Gasteiger partial charge on any atom is -0.390 e. The van der Waals surface area contributed by atoms with Gasteiger partial charge in [0.25, 0.3) is 5.91 Å². The second-order valence-corrected chi connectivity index (χ2v) is 6.60. The molecule has 0 aliphatic carbocycles. The summed E-state index contributed by atoms with van der Waals surface area (Å²) in [4.78, 5) is 14.5. The molecule has 3 rings (SSSR count). The lowest BCUT2D eigenvalue weighted by molar-refractivity contribution is -0.174. The Morgan fingerprint density at radius 3 is 2.61 bits per heavy atom. The lowest BCUT2D eigenvalue weighted by atomic mass is 9.82. The summed E-state index contributed by atoms with van der Waals surface area (Å²) in [7, 11) is 0. The number of carbonyl (C=O) groups is 1. The van der Waals surface area contributed by atoms with Crippen molar-refractivity contribution >= 4 is 5.91 Å². The maximum absolute atomic E-state index is 12.6. The molecule has 3 N–H and O–H groups in total. The van der Waals surface area contributed by atoms with Crippen molar-refractivity contribution in [2.24, 2.45) is 5.73 Å². The molecule has 126 valence electrons. The zero-order valence-corrected chi connectivity index (χ0v) is 13.5. The van der Waals surface area contributed by atoms with Gasteiger partial charge < -0.3 is 20.5 Å². The van der Waals surface area contributed by atoms with Crippen LogP contribution in [0.2, 0.25) is 0 Å². The van der Waals surface area contributed by atoms with Crippen molar-refractivity contribution in [2.75, 3.05) is 26.2 Å². The normalized spacial score (nSPS) is 23.9. The number of piperidine rings is 1. The first-order valence-corrected chi connectivity index (χ1v) is 8.55. The Kier molecular flexibility index (Phi) is 4.99. The molecule has 2 aliphatic heterocycles. The predicted molar refractivity (Wildman–Crippen MR) is 88.3 cm³/mol. The van der Waals surface area contributed by atoms with Crippen molar-refractivity contribution in [2.45, 2.75) is 43.8 Å². The van der Waals surface area contributed by atoms with Gasteiger partial charge in [-0.05, 0) is 56.3 Å². The first kappa shape index (κ1) is 16.4. The largest absolute Gasteiger partial charge is 0.390 e. The van der Waals surface area contributed by atoms with E-state index in [1.165, 1.54) is 0 Å². The molecule has 1 aromatic rings. The fourth-order valence-electron chi connectivity index (χ4n) is 3.64. The molecule has 0 unspecified atom stereocenters. The van der Waals surface area contributed by atoms with Gasteiger partial charge in [-0.25, -0.2) is 0 Å². The summed E-state index contributed by atoms with van der Waals surface area (Å²) in [5.41, 5.74) is 6.98. The number of likely N-dealkylation sites (tertiary alicyclic amines) is 1. The number of ether oxygens (including phenoxy) is 1. The number of nitrogens with zero attached hydrogens (tertiary/aromatic N) is 1. The van der Waals surface area contributed by atoms with Crippen molar-refractivity contribution < 1.29 is 14.6 Å². The van der Waals surface area contributed by atoms with Gasteiger partial charge in [-0.1, -0.05) is 12.1 Å². The summed E-state index contributed by atoms with van der Waals surface area (Å²) >= 11 is 0. The van der Waals surface area contributed by atoms with Gasteiger partial charge in [-0.3, -0.25) is 4.79 Å². The third kappa shape index (κ3) is 3.42. The highest BCUT2D eigenvalue weighted by molar-refractivity contribution is 5.94. The van der Waals surface area contributed by atoms with Gasteiger partial charge in [-0.15, -0.1) is 0 Å². The molecule has 0 aromatic heterocycles. The summed E-state index contributed by atoms with van der Waals surface area (Å²) in [5, 5.41) is 10.3. The van der Waals surface area contributed by atoms with Crippen LogP contribution >= 0.6 is 0 Å². The van der Waals surface area contributed by atoms with Crippen molar-refractivity contribution in [3.05, 3.63) is 35.4 Å². The van der Waals surface area contributed by atoms with Crippen LogP contribution in [0.25, 0.3) is 0 Å². The Labute approximate surface area is 137 Å². The number of nitrogens with two attached hydrogens (primary N) is 1. The van der Waals surface area contributed by atoms with Crippen molar-refractivity contribution in [3.8, 4) is 0 Å². The van der Waals surface area contributed by atoms with Gasteiger partial charge in [0.2, 0.25) is 0 Å². The van der Waals surface area contributed by atoms with Gasteiger partial charge in [0.05, 0.1) is 11.7 Å². The second-order valence-electron chi connectivity index (χ2n) is 6.60. The quantitative estimate of drug-likeness (QED) is 0.882. The highest BCUT2D eigenvalue weighted by Crippen LogP contribution is 2.35. The molecule has 2 aliphatic rings. The van der Waals surface area contributed by atoms with Crippen LogP contribution in [0.15, 0.2) is 24.3 Å². The molecule has 0 saturated carbocycles. The number of benzene rings is 1. The molecule has 1 atom stereocenters. The number of rotatable bonds is 3. The molecule has 2 heterocycles. The van der Waals surface area contributed by atoms with Crippen LogP contribution in [-0.4, -0.2) is 53.9 Å². The molecule has 5 heteroatoms. The average Bonchev–Trinajstić information content (AvgIpc) is 2.59. The van der Waals surface area contributed by atoms with Crippen LogP contribution in [-0.2, 0) is 11.2 Å². The Hall–Kier alpha value is -1.43. The predicted octanol–water partition coefficient (Wildman–Crippen LogP) is 1.33. The van der Waals surface area contributed by atoms with Gasteiger partial charge >= 0.3 is 0 Å². The van der Waals surface area contributed by atoms with Gasteiger partial charge in [0, 0.05) is 25.3 Å². The topological polar surface area (TPSA) is 75.8 Å². The van der Waals surface area contributed by atoms with Crippen LogP contribution in [0.5, 0.6) is 0 Å². The van der Waals surface area contributed by atoms with Crippen LogP contribution in [0, 0.1) is 0 Å². The van der Waals surface area contributed by atoms with Crippen LogP contribution in [0.3, 0.4) is 0 Å². The third-order valence-electron chi connectivity index (χ3n) is 5.15. The van der Waals surface area contributed by atoms with E-state index in [2.05, 4.69) is 0 Å².